The molecule has 0 aliphatic heterocycles. The van der Waals surface area contributed by atoms with Crippen LogP contribution in [-0.2, 0) is 26.1 Å². The van der Waals surface area contributed by atoms with E-state index in [9.17, 15) is 27.3 Å². The molecule has 2 N–H and O–H groups in total. The standard InChI is InChI=1S/C22H28F3NO4S/c1-3-30-19(27)21(28,22(23,24)25)17-4-5-18(13(2)6-17)26-31(29)20-10-14-7-15(11-20)9-16(8-14)12-20/h4-6,14-16,26,28H,3,7-12H2,1-2H3/t14?,15?,16?,20?,21-,31-/m1/s1. The zero-order valence-electron chi connectivity index (χ0n) is 17.6. The fraction of sp³-hybridized carbons (Fsp3) is 0.682. The molecule has 4 aliphatic rings. The molecule has 31 heavy (non-hydrogen) atoms. The van der Waals surface area contributed by atoms with Gasteiger partial charge in [-0.2, -0.15) is 13.2 Å². The lowest BCUT2D eigenvalue weighted by Crippen LogP contribution is -2.54. The minimum absolute atomic E-state index is 0.280. The van der Waals surface area contributed by atoms with Crippen molar-refractivity contribution in [1.82, 2.24) is 0 Å². The zero-order chi connectivity index (χ0) is 22.6. The average Bonchev–Trinajstić information content (AvgIpc) is 2.67. The van der Waals surface area contributed by atoms with E-state index < -0.39 is 34.3 Å². The van der Waals surface area contributed by atoms with Crippen molar-refractivity contribution in [3.63, 3.8) is 0 Å². The van der Waals surface area contributed by atoms with Gasteiger partial charge in [-0.05, 0) is 81.8 Å². The number of nitrogens with one attached hydrogen (secondary N) is 1. The molecule has 0 heterocycles. The summed E-state index contributed by atoms with van der Waals surface area (Å²) < 4.78 is 61.4. The Kier molecular flexibility index (Phi) is 5.65. The maximum Gasteiger partial charge on any atom is 0.432 e. The number of alkyl halides is 3. The molecule has 9 heteroatoms. The van der Waals surface area contributed by atoms with Crippen LogP contribution in [0.25, 0.3) is 0 Å². The Balaban J connectivity index is 1.58. The van der Waals surface area contributed by atoms with Crippen molar-refractivity contribution in [2.45, 2.75) is 68.9 Å². The SMILES string of the molecule is CCOC(=O)[C@](O)(c1ccc(N[S@](=O)C23CC4CC(CC(C4)C2)C3)c(C)c1)C(F)(F)F. The number of benzene rings is 1. The molecule has 4 bridgehead atoms. The summed E-state index contributed by atoms with van der Waals surface area (Å²) in [4.78, 5) is 12.0. The third kappa shape index (κ3) is 3.77. The third-order valence-electron chi connectivity index (χ3n) is 7.20. The van der Waals surface area contributed by atoms with Crippen LogP contribution in [0.4, 0.5) is 18.9 Å². The number of ether oxygens (including phenoxy) is 1. The Morgan fingerprint density at radius 3 is 2.19 bits per heavy atom. The Labute approximate surface area is 182 Å². The van der Waals surface area contributed by atoms with Gasteiger partial charge in [0.1, 0.15) is 11.0 Å². The lowest BCUT2D eigenvalue weighted by Gasteiger charge is -2.55. The van der Waals surface area contributed by atoms with Gasteiger partial charge in [0.15, 0.2) is 0 Å². The number of hydrogen-bond acceptors (Lipinski definition) is 4. The van der Waals surface area contributed by atoms with Crippen molar-refractivity contribution < 1.29 is 32.0 Å². The van der Waals surface area contributed by atoms with E-state index in [4.69, 9.17) is 0 Å². The van der Waals surface area contributed by atoms with Crippen LogP contribution in [0, 0.1) is 24.7 Å². The highest BCUT2D eigenvalue weighted by Crippen LogP contribution is 2.58. The van der Waals surface area contributed by atoms with Gasteiger partial charge in [0.25, 0.3) is 5.60 Å². The van der Waals surface area contributed by atoms with E-state index in [1.165, 1.54) is 32.3 Å². The number of halogens is 3. The fourth-order valence-corrected chi connectivity index (χ4v) is 7.91. The first-order valence-electron chi connectivity index (χ1n) is 10.7. The second-order valence-corrected chi connectivity index (χ2v) is 11.0. The van der Waals surface area contributed by atoms with Gasteiger partial charge in [-0.15, -0.1) is 0 Å². The number of hydrogen-bond donors (Lipinski definition) is 2. The number of anilines is 1. The van der Waals surface area contributed by atoms with Gasteiger partial charge in [0.05, 0.1) is 11.4 Å². The number of carbonyl (C=O) groups is 1. The van der Waals surface area contributed by atoms with Gasteiger partial charge >= 0.3 is 12.1 Å². The summed E-state index contributed by atoms with van der Waals surface area (Å²) in [5.74, 6) is 0.0882. The van der Waals surface area contributed by atoms with Crippen LogP contribution in [0.5, 0.6) is 0 Å². The molecular formula is C22H28F3NO4S. The van der Waals surface area contributed by atoms with Crippen LogP contribution in [0.2, 0.25) is 0 Å². The molecule has 1 aromatic carbocycles. The summed E-state index contributed by atoms with van der Waals surface area (Å²) in [5.41, 5.74) is -3.58. The Hall–Kier alpha value is -1.61. The summed E-state index contributed by atoms with van der Waals surface area (Å²) >= 11 is 0. The molecule has 2 atom stereocenters. The van der Waals surface area contributed by atoms with E-state index in [1.807, 2.05) is 0 Å². The normalized spacial score (nSPS) is 32.4. The maximum atomic E-state index is 13.6. The summed E-state index contributed by atoms with van der Waals surface area (Å²) in [6, 6.07) is 3.49. The van der Waals surface area contributed by atoms with Crippen LogP contribution in [0.1, 0.15) is 56.6 Å². The highest BCUT2D eigenvalue weighted by atomic mass is 32.2. The van der Waals surface area contributed by atoms with E-state index >= 15 is 0 Å². The molecule has 4 saturated carbocycles. The topological polar surface area (TPSA) is 75.6 Å². The monoisotopic (exact) mass is 459 g/mol. The van der Waals surface area contributed by atoms with Gasteiger partial charge in [-0.1, -0.05) is 12.1 Å². The molecule has 5 nitrogen and oxygen atoms in total. The van der Waals surface area contributed by atoms with E-state index in [-0.39, 0.29) is 11.4 Å². The third-order valence-corrected chi connectivity index (χ3v) is 8.90. The molecule has 4 fully saturated rings. The van der Waals surface area contributed by atoms with Crippen molar-refractivity contribution in [3.8, 4) is 0 Å². The number of aliphatic hydroxyl groups is 1. The van der Waals surface area contributed by atoms with Gasteiger partial charge in [-0.3, -0.25) is 0 Å². The lowest BCUT2D eigenvalue weighted by molar-refractivity contribution is -0.267. The van der Waals surface area contributed by atoms with E-state index in [0.717, 1.165) is 31.4 Å². The first kappa shape index (κ1) is 22.6. The molecule has 0 saturated heterocycles. The molecule has 0 unspecified atom stereocenters. The van der Waals surface area contributed by atoms with Crippen LogP contribution in [0.15, 0.2) is 18.2 Å². The zero-order valence-corrected chi connectivity index (χ0v) is 18.4. The molecular weight excluding hydrogens is 431 g/mol. The fourth-order valence-electron chi connectivity index (χ4n) is 6.10. The van der Waals surface area contributed by atoms with Crippen LogP contribution in [0.3, 0.4) is 0 Å². The van der Waals surface area contributed by atoms with Crippen LogP contribution in [-0.4, -0.2) is 32.8 Å². The second-order valence-electron chi connectivity index (χ2n) is 9.43. The Bertz CT molecular complexity index is 868. The van der Waals surface area contributed by atoms with Crippen molar-refractivity contribution in [2.75, 3.05) is 11.3 Å². The first-order chi connectivity index (χ1) is 14.5. The van der Waals surface area contributed by atoms with E-state index in [2.05, 4.69) is 9.46 Å². The predicted octanol–water partition coefficient (Wildman–Crippen LogP) is 4.35. The summed E-state index contributed by atoms with van der Waals surface area (Å²) in [6.07, 6.45) is 1.17. The molecule has 0 radical (unpaired) electrons. The van der Waals surface area contributed by atoms with Crippen molar-refractivity contribution >= 4 is 22.6 Å². The van der Waals surface area contributed by atoms with Crippen LogP contribution >= 0.6 is 0 Å². The largest absolute Gasteiger partial charge is 0.463 e. The van der Waals surface area contributed by atoms with Crippen molar-refractivity contribution in [1.29, 1.82) is 0 Å². The Morgan fingerprint density at radius 2 is 1.74 bits per heavy atom. The molecule has 0 spiro atoms. The van der Waals surface area contributed by atoms with E-state index in [0.29, 0.717) is 29.0 Å². The smallest absolute Gasteiger partial charge is 0.432 e. The summed E-state index contributed by atoms with van der Waals surface area (Å²) in [5, 5.41) is 10.3. The maximum absolute atomic E-state index is 13.6. The van der Waals surface area contributed by atoms with Crippen molar-refractivity contribution in [2.24, 2.45) is 17.8 Å². The summed E-state index contributed by atoms with van der Waals surface area (Å²) in [7, 11) is -1.37. The first-order valence-corrected chi connectivity index (χ1v) is 11.9. The number of esters is 1. The predicted molar refractivity (Wildman–Crippen MR) is 110 cm³/mol. The number of carbonyl (C=O) groups excluding carboxylic acids is 1. The minimum Gasteiger partial charge on any atom is -0.463 e. The highest BCUT2D eigenvalue weighted by molar-refractivity contribution is 7.87. The summed E-state index contributed by atoms with van der Waals surface area (Å²) in [6.45, 7) is 2.64. The lowest BCUT2D eigenvalue weighted by atomic mass is 9.56. The molecule has 0 amide bonds. The van der Waals surface area contributed by atoms with Gasteiger partial charge in [0, 0.05) is 11.3 Å². The average molecular weight is 460 g/mol. The molecule has 4 aliphatic carbocycles. The van der Waals surface area contributed by atoms with Gasteiger partial charge in [-0.25, -0.2) is 9.00 Å². The van der Waals surface area contributed by atoms with E-state index in [1.54, 1.807) is 6.92 Å². The van der Waals surface area contributed by atoms with Crippen molar-refractivity contribution in [3.05, 3.63) is 29.3 Å². The van der Waals surface area contributed by atoms with Gasteiger partial charge in [0.2, 0.25) is 0 Å². The molecule has 5 rings (SSSR count). The number of aryl methyl sites for hydroxylation is 1. The molecule has 1 aromatic rings. The Morgan fingerprint density at radius 1 is 1.19 bits per heavy atom. The molecule has 172 valence electrons. The highest BCUT2D eigenvalue weighted by Gasteiger charge is 2.62. The minimum atomic E-state index is -5.25. The second kappa shape index (κ2) is 7.76. The quantitative estimate of drug-likeness (QED) is 0.620. The van der Waals surface area contributed by atoms with Crippen LogP contribution < -0.4 is 4.72 Å². The van der Waals surface area contributed by atoms with Gasteiger partial charge < -0.3 is 14.6 Å². The number of rotatable bonds is 6. The molecule has 0 aromatic heterocycles.